The van der Waals surface area contributed by atoms with Gasteiger partial charge in [0.25, 0.3) is 0 Å². The molecule has 0 saturated heterocycles. The van der Waals surface area contributed by atoms with Gasteiger partial charge in [0.2, 0.25) is 0 Å². The molecule has 0 aromatic carbocycles. The van der Waals surface area contributed by atoms with Crippen molar-refractivity contribution in [3.05, 3.63) is 53.5 Å². The maximum Gasteiger partial charge on any atom is 0.335 e. The van der Waals surface area contributed by atoms with Crippen LogP contribution < -0.4 is 5.32 Å². The average molecular weight is 271 g/mol. The Kier molecular flexibility index (Phi) is 4.30. The van der Waals surface area contributed by atoms with Crippen LogP contribution in [0.5, 0.6) is 0 Å². The van der Waals surface area contributed by atoms with E-state index in [-0.39, 0.29) is 11.6 Å². The van der Waals surface area contributed by atoms with Crippen LogP contribution in [0.3, 0.4) is 0 Å². The molecule has 2 rings (SSSR count). The van der Waals surface area contributed by atoms with Crippen molar-refractivity contribution in [3.63, 3.8) is 0 Å². The highest BCUT2D eigenvalue weighted by Gasteiger charge is 2.11. The van der Waals surface area contributed by atoms with Gasteiger partial charge < -0.3 is 10.4 Å². The highest BCUT2D eigenvalue weighted by molar-refractivity contribution is 5.88. The van der Waals surface area contributed by atoms with E-state index < -0.39 is 5.97 Å². The molecule has 0 aliphatic heterocycles. The highest BCUT2D eigenvalue weighted by Crippen LogP contribution is 2.18. The van der Waals surface area contributed by atoms with Gasteiger partial charge in [0.05, 0.1) is 17.3 Å². The van der Waals surface area contributed by atoms with Crippen molar-refractivity contribution in [3.8, 4) is 0 Å². The number of pyridine rings is 2. The van der Waals surface area contributed by atoms with Gasteiger partial charge in [-0.3, -0.25) is 4.98 Å². The van der Waals surface area contributed by atoms with Gasteiger partial charge in [0, 0.05) is 11.9 Å². The zero-order valence-corrected chi connectivity index (χ0v) is 11.5. The Labute approximate surface area is 117 Å². The zero-order valence-electron chi connectivity index (χ0n) is 11.5. The number of nitrogens with zero attached hydrogens (tertiary/aromatic N) is 2. The van der Waals surface area contributed by atoms with E-state index in [1.165, 1.54) is 0 Å². The van der Waals surface area contributed by atoms with Crippen molar-refractivity contribution in [2.45, 2.75) is 26.3 Å². The Morgan fingerprint density at radius 2 is 2.20 bits per heavy atom. The normalized spacial score (nSPS) is 11.9. The first-order chi connectivity index (χ1) is 9.60. The molecule has 0 spiro atoms. The Balaban J connectivity index is 2.24. The lowest BCUT2D eigenvalue weighted by atomic mass is 10.1. The molecule has 2 N–H and O–H groups in total. The number of hydrogen-bond acceptors (Lipinski definition) is 4. The molecule has 20 heavy (non-hydrogen) atoms. The molecule has 0 amide bonds. The Morgan fingerprint density at radius 3 is 2.80 bits per heavy atom. The molecular weight excluding hydrogens is 254 g/mol. The molecule has 104 valence electrons. The molecule has 0 bridgehead atoms. The zero-order chi connectivity index (χ0) is 14.5. The molecule has 1 unspecified atom stereocenters. The summed E-state index contributed by atoms with van der Waals surface area (Å²) in [5.41, 5.74) is 1.88. The van der Waals surface area contributed by atoms with Gasteiger partial charge in [-0.25, -0.2) is 9.78 Å². The molecule has 2 aromatic rings. The lowest BCUT2D eigenvalue weighted by Crippen LogP contribution is -2.11. The Bertz CT molecular complexity index is 599. The Morgan fingerprint density at radius 1 is 1.40 bits per heavy atom. The largest absolute Gasteiger partial charge is 0.478 e. The summed E-state index contributed by atoms with van der Waals surface area (Å²) in [4.78, 5) is 19.8. The van der Waals surface area contributed by atoms with E-state index in [1.807, 2.05) is 32.0 Å². The highest BCUT2D eigenvalue weighted by atomic mass is 16.4. The minimum Gasteiger partial charge on any atom is -0.478 e. The molecule has 0 aliphatic rings. The number of aromatic carboxylic acids is 1. The number of hydrogen-bond donors (Lipinski definition) is 2. The van der Waals surface area contributed by atoms with Gasteiger partial charge in [0.1, 0.15) is 5.82 Å². The van der Waals surface area contributed by atoms with Crippen molar-refractivity contribution in [2.24, 2.45) is 0 Å². The van der Waals surface area contributed by atoms with E-state index in [4.69, 9.17) is 5.11 Å². The number of nitrogens with one attached hydrogen (secondary N) is 1. The standard InChI is InChI=1S/C15H17N3O2/c1-3-12-8-11(15(19)20)9-14(18-12)17-10(2)13-6-4-5-7-16-13/h4-10H,3H2,1-2H3,(H,17,18)(H,19,20). The summed E-state index contributed by atoms with van der Waals surface area (Å²) in [6, 6.07) is 8.78. The SMILES string of the molecule is CCc1cc(C(=O)O)cc(NC(C)c2ccccn2)n1. The summed E-state index contributed by atoms with van der Waals surface area (Å²) in [5, 5.41) is 12.3. The second-order valence-electron chi connectivity index (χ2n) is 4.51. The number of carboxylic acid groups (broad SMARTS) is 1. The predicted molar refractivity (Wildman–Crippen MR) is 76.8 cm³/mol. The lowest BCUT2D eigenvalue weighted by molar-refractivity contribution is 0.0696. The third kappa shape index (κ3) is 3.32. The minimum atomic E-state index is -0.948. The second-order valence-corrected chi connectivity index (χ2v) is 4.51. The first-order valence-corrected chi connectivity index (χ1v) is 6.52. The molecule has 2 heterocycles. The van der Waals surface area contributed by atoms with E-state index >= 15 is 0 Å². The fourth-order valence-corrected chi connectivity index (χ4v) is 1.89. The van der Waals surface area contributed by atoms with Crippen molar-refractivity contribution >= 4 is 11.8 Å². The van der Waals surface area contributed by atoms with E-state index in [1.54, 1.807) is 18.3 Å². The number of aryl methyl sites for hydroxylation is 1. The van der Waals surface area contributed by atoms with E-state index in [0.717, 1.165) is 11.4 Å². The van der Waals surface area contributed by atoms with Crippen molar-refractivity contribution in [1.82, 2.24) is 9.97 Å². The van der Waals surface area contributed by atoms with Gasteiger partial charge >= 0.3 is 5.97 Å². The molecule has 0 saturated carbocycles. The van der Waals surface area contributed by atoms with Crippen LogP contribution >= 0.6 is 0 Å². The fourth-order valence-electron chi connectivity index (χ4n) is 1.89. The van der Waals surface area contributed by atoms with Crippen molar-refractivity contribution in [2.75, 3.05) is 5.32 Å². The van der Waals surface area contributed by atoms with Crippen LogP contribution in [-0.4, -0.2) is 21.0 Å². The summed E-state index contributed by atoms with van der Waals surface area (Å²) >= 11 is 0. The summed E-state index contributed by atoms with van der Waals surface area (Å²) in [6.45, 7) is 3.91. The first-order valence-electron chi connectivity index (χ1n) is 6.52. The van der Waals surface area contributed by atoms with Gasteiger partial charge in [0.15, 0.2) is 0 Å². The summed E-state index contributed by atoms with van der Waals surface area (Å²) < 4.78 is 0. The van der Waals surface area contributed by atoms with Crippen LogP contribution in [-0.2, 0) is 6.42 Å². The molecule has 1 atom stereocenters. The van der Waals surface area contributed by atoms with Gasteiger partial charge in [-0.15, -0.1) is 0 Å². The van der Waals surface area contributed by atoms with Gasteiger partial charge in [-0.2, -0.15) is 0 Å². The fraction of sp³-hybridized carbons (Fsp3) is 0.267. The topological polar surface area (TPSA) is 75.1 Å². The maximum absolute atomic E-state index is 11.1. The average Bonchev–Trinajstić information content (AvgIpc) is 2.47. The number of carboxylic acids is 1. The molecular formula is C15H17N3O2. The van der Waals surface area contributed by atoms with Gasteiger partial charge in [-0.05, 0) is 37.6 Å². The van der Waals surface area contributed by atoms with Crippen LogP contribution in [0.1, 0.15) is 41.6 Å². The first kappa shape index (κ1) is 14.0. The second kappa shape index (κ2) is 6.14. The predicted octanol–water partition coefficient (Wildman–Crippen LogP) is 2.91. The number of carbonyl (C=O) groups is 1. The van der Waals surface area contributed by atoms with Crippen LogP contribution in [0.25, 0.3) is 0 Å². The molecule has 0 fully saturated rings. The van der Waals surface area contributed by atoms with Crippen molar-refractivity contribution in [1.29, 1.82) is 0 Å². The smallest absolute Gasteiger partial charge is 0.335 e. The lowest BCUT2D eigenvalue weighted by Gasteiger charge is -2.15. The van der Waals surface area contributed by atoms with Gasteiger partial charge in [-0.1, -0.05) is 13.0 Å². The van der Waals surface area contributed by atoms with Crippen LogP contribution in [0, 0.1) is 0 Å². The summed E-state index contributed by atoms with van der Waals surface area (Å²) in [7, 11) is 0. The monoisotopic (exact) mass is 271 g/mol. The van der Waals surface area contributed by atoms with Crippen LogP contribution in [0.2, 0.25) is 0 Å². The molecule has 5 heteroatoms. The van der Waals surface area contributed by atoms with E-state index in [2.05, 4.69) is 15.3 Å². The molecule has 0 aliphatic carbocycles. The van der Waals surface area contributed by atoms with Crippen LogP contribution in [0.15, 0.2) is 36.5 Å². The molecule has 2 aromatic heterocycles. The number of aromatic nitrogens is 2. The minimum absolute atomic E-state index is 0.0440. The molecule has 5 nitrogen and oxygen atoms in total. The molecule has 0 radical (unpaired) electrons. The van der Waals surface area contributed by atoms with Crippen LogP contribution in [0.4, 0.5) is 5.82 Å². The summed E-state index contributed by atoms with van der Waals surface area (Å²) in [6.07, 6.45) is 2.42. The maximum atomic E-state index is 11.1. The third-order valence-electron chi connectivity index (χ3n) is 2.98. The third-order valence-corrected chi connectivity index (χ3v) is 2.98. The van der Waals surface area contributed by atoms with E-state index in [0.29, 0.717) is 12.2 Å². The number of anilines is 1. The Hall–Kier alpha value is -2.43. The van der Waals surface area contributed by atoms with Crippen molar-refractivity contribution < 1.29 is 9.90 Å². The summed E-state index contributed by atoms with van der Waals surface area (Å²) in [5.74, 6) is -0.393. The quantitative estimate of drug-likeness (QED) is 0.874. The number of rotatable bonds is 5. The van der Waals surface area contributed by atoms with E-state index in [9.17, 15) is 4.79 Å².